The van der Waals surface area contributed by atoms with Crippen molar-refractivity contribution in [2.75, 3.05) is 6.61 Å². The fraction of sp³-hybridized carbons (Fsp3) is 0.158. The fourth-order valence-corrected chi connectivity index (χ4v) is 3.08. The number of halogens is 5. The summed E-state index contributed by atoms with van der Waals surface area (Å²) in [5.74, 6) is -1.93. The summed E-state index contributed by atoms with van der Waals surface area (Å²) in [6, 6.07) is 7.36. The van der Waals surface area contributed by atoms with Crippen LogP contribution >= 0.6 is 27.5 Å². The summed E-state index contributed by atoms with van der Waals surface area (Å²) in [5, 5.41) is 9.11. The number of ether oxygens (including phenoxy) is 2. The summed E-state index contributed by atoms with van der Waals surface area (Å²) < 4.78 is 53.0. The molecule has 0 atom stereocenters. The number of carboxylic acids is 1. The lowest BCUT2D eigenvalue weighted by Crippen LogP contribution is -2.17. The van der Waals surface area contributed by atoms with Crippen LogP contribution in [0.1, 0.15) is 6.42 Å². The third kappa shape index (κ3) is 5.06. The second kappa shape index (κ2) is 8.57. The van der Waals surface area contributed by atoms with Gasteiger partial charge in [0.05, 0.1) is 29.0 Å². The van der Waals surface area contributed by atoms with Crippen LogP contribution in [0.2, 0.25) is 5.02 Å². The molecule has 2 aromatic carbocycles. The molecule has 1 aromatic heterocycles. The molecule has 3 rings (SSSR count). The van der Waals surface area contributed by atoms with Crippen LogP contribution in [0.25, 0.3) is 22.3 Å². The number of hydrogen-bond acceptors (Lipinski definition) is 5. The SMILES string of the molecule is O=C(O)CCOc1cc(OC(F)(F)F)ccc1-c1cc(=O)c2ccc(Br)c(Cl)c2o1. The van der Waals surface area contributed by atoms with E-state index in [9.17, 15) is 22.8 Å². The van der Waals surface area contributed by atoms with Crippen molar-refractivity contribution in [3.8, 4) is 22.8 Å². The minimum absolute atomic E-state index is 0.0311. The molecule has 0 unspecified atom stereocenters. The Balaban J connectivity index is 2.12. The molecule has 0 amide bonds. The summed E-state index contributed by atoms with van der Waals surface area (Å²) in [7, 11) is 0. The number of aliphatic carboxylic acids is 1. The topological polar surface area (TPSA) is 86.0 Å². The van der Waals surface area contributed by atoms with Crippen LogP contribution in [0.4, 0.5) is 13.2 Å². The van der Waals surface area contributed by atoms with Gasteiger partial charge in [0.15, 0.2) is 11.0 Å². The third-order valence-corrected chi connectivity index (χ3v) is 5.08. The smallest absolute Gasteiger partial charge is 0.492 e. The quantitative estimate of drug-likeness (QED) is 0.466. The van der Waals surface area contributed by atoms with Crippen molar-refractivity contribution >= 4 is 44.5 Å². The van der Waals surface area contributed by atoms with Crippen molar-refractivity contribution in [3.63, 3.8) is 0 Å². The van der Waals surface area contributed by atoms with Gasteiger partial charge in [-0.15, -0.1) is 13.2 Å². The van der Waals surface area contributed by atoms with Crippen molar-refractivity contribution in [1.82, 2.24) is 0 Å². The Bertz CT molecular complexity index is 1180. The summed E-state index contributed by atoms with van der Waals surface area (Å²) in [6.45, 7) is -0.331. The van der Waals surface area contributed by atoms with Crippen molar-refractivity contribution in [2.24, 2.45) is 0 Å². The first-order chi connectivity index (χ1) is 14.0. The van der Waals surface area contributed by atoms with Gasteiger partial charge >= 0.3 is 12.3 Å². The second-order valence-corrected chi connectivity index (χ2v) is 7.14. The lowest BCUT2D eigenvalue weighted by Gasteiger charge is -2.14. The van der Waals surface area contributed by atoms with Crippen LogP contribution in [0.15, 0.2) is 50.1 Å². The molecule has 1 heterocycles. The van der Waals surface area contributed by atoms with Crippen molar-refractivity contribution in [1.29, 1.82) is 0 Å². The average Bonchev–Trinajstić information content (AvgIpc) is 2.63. The first-order valence-corrected chi connectivity index (χ1v) is 9.39. The fourth-order valence-electron chi connectivity index (χ4n) is 2.57. The predicted molar refractivity (Wildman–Crippen MR) is 105 cm³/mol. The van der Waals surface area contributed by atoms with E-state index in [0.717, 1.165) is 18.2 Å². The molecular formula is C19H11BrClF3O6. The zero-order valence-electron chi connectivity index (χ0n) is 14.8. The molecular weight excluding hydrogens is 497 g/mol. The van der Waals surface area contributed by atoms with Crippen LogP contribution in [0, 0.1) is 0 Å². The predicted octanol–water partition coefficient (Wildman–Crippen LogP) is 5.63. The molecule has 1 N–H and O–H groups in total. The van der Waals surface area contributed by atoms with Gasteiger partial charge in [-0.05, 0) is 40.2 Å². The van der Waals surface area contributed by atoms with Gasteiger partial charge in [-0.25, -0.2) is 0 Å². The number of alkyl halides is 3. The van der Waals surface area contributed by atoms with Gasteiger partial charge in [0.1, 0.15) is 17.3 Å². The Hall–Kier alpha value is -2.72. The van der Waals surface area contributed by atoms with Gasteiger partial charge in [0.2, 0.25) is 0 Å². The van der Waals surface area contributed by atoms with E-state index in [1.807, 2.05) is 0 Å². The van der Waals surface area contributed by atoms with Gasteiger partial charge in [-0.3, -0.25) is 9.59 Å². The van der Waals surface area contributed by atoms with Crippen molar-refractivity contribution in [2.45, 2.75) is 12.8 Å². The van der Waals surface area contributed by atoms with Crippen molar-refractivity contribution < 1.29 is 37.0 Å². The summed E-state index contributed by atoms with van der Waals surface area (Å²) >= 11 is 9.42. The normalized spacial score (nSPS) is 11.5. The average molecular weight is 508 g/mol. The lowest BCUT2D eigenvalue weighted by atomic mass is 10.1. The Labute approximate surface area is 179 Å². The van der Waals surface area contributed by atoms with Crippen LogP contribution in [-0.4, -0.2) is 24.0 Å². The van der Waals surface area contributed by atoms with Crippen LogP contribution in [0.3, 0.4) is 0 Å². The van der Waals surface area contributed by atoms with Gasteiger partial charge in [0.25, 0.3) is 0 Å². The second-order valence-electron chi connectivity index (χ2n) is 5.91. The number of benzene rings is 2. The maximum absolute atomic E-state index is 12.5. The van der Waals surface area contributed by atoms with E-state index in [0.29, 0.717) is 4.47 Å². The molecule has 158 valence electrons. The summed E-state index contributed by atoms with van der Waals surface area (Å²) in [4.78, 5) is 23.2. The molecule has 0 aliphatic heterocycles. The number of fused-ring (bicyclic) bond motifs is 1. The van der Waals surface area contributed by atoms with Gasteiger partial charge < -0.3 is 19.0 Å². The number of carboxylic acid groups (broad SMARTS) is 1. The van der Waals surface area contributed by atoms with E-state index < -0.39 is 29.9 Å². The maximum atomic E-state index is 12.5. The van der Waals surface area contributed by atoms with E-state index in [2.05, 4.69) is 20.7 Å². The van der Waals surface area contributed by atoms with E-state index in [1.54, 1.807) is 6.07 Å². The van der Waals surface area contributed by atoms with E-state index in [4.69, 9.17) is 25.9 Å². The Morgan fingerprint density at radius 1 is 1.20 bits per heavy atom. The molecule has 0 fully saturated rings. The number of carbonyl (C=O) groups is 1. The molecule has 11 heteroatoms. The molecule has 0 saturated heterocycles. The molecule has 0 aliphatic carbocycles. The largest absolute Gasteiger partial charge is 0.573 e. The first-order valence-electron chi connectivity index (χ1n) is 8.22. The van der Waals surface area contributed by atoms with Crippen LogP contribution < -0.4 is 14.9 Å². The Kier molecular flexibility index (Phi) is 6.27. The maximum Gasteiger partial charge on any atom is 0.573 e. The highest BCUT2D eigenvalue weighted by Gasteiger charge is 2.31. The zero-order valence-corrected chi connectivity index (χ0v) is 17.1. The molecule has 30 heavy (non-hydrogen) atoms. The number of hydrogen-bond donors (Lipinski definition) is 1. The minimum atomic E-state index is -4.94. The molecule has 0 bridgehead atoms. The number of rotatable bonds is 6. The third-order valence-electron chi connectivity index (χ3n) is 3.82. The van der Waals surface area contributed by atoms with Gasteiger partial charge in [0, 0.05) is 16.6 Å². The Morgan fingerprint density at radius 3 is 2.60 bits per heavy atom. The highest BCUT2D eigenvalue weighted by atomic mass is 79.9. The minimum Gasteiger partial charge on any atom is -0.492 e. The molecule has 0 radical (unpaired) electrons. The lowest BCUT2D eigenvalue weighted by molar-refractivity contribution is -0.274. The first kappa shape index (κ1) is 22.0. The summed E-state index contributed by atoms with van der Waals surface area (Å²) in [5.41, 5.74) is -0.252. The van der Waals surface area contributed by atoms with Gasteiger partial charge in [-0.2, -0.15) is 0 Å². The van der Waals surface area contributed by atoms with Crippen molar-refractivity contribution in [3.05, 3.63) is 56.1 Å². The highest BCUT2D eigenvalue weighted by molar-refractivity contribution is 9.10. The molecule has 0 aliphatic rings. The Morgan fingerprint density at radius 2 is 1.93 bits per heavy atom. The van der Waals surface area contributed by atoms with E-state index in [-0.39, 0.29) is 39.7 Å². The molecule has 0 spiro atoms. The van der Waals surface area contributed by atoms with Crippen LogP contribution in [-0.2, 0) is 4.79 Å². The summed E-state index contributed by atoms with van der Waals surface area (Å²) in [6.07, 6.45) is -5.33. The monoisotopic (exact) mass is 506 g/mol. The molecule has 3 aromatic rings. The van der Waals surface area contributed by atoms with Crippen LogP contribution in [0.5, 0.6) is 11.5 Å². The molecule has 6 nitrogen and oxygen atoms in total. The molecule has 0 saturated carbocycles. The van der Waals surface area contributed by atoms with E-state index >= 15 is 0 Å². The standard InChI is InChI=1S/C19H11BrClF3O6/c20-12-4-3-10-13(25)8-15(29-18(10)17(12)21)11-2-1-9(30-19(22,23)24)7-14(11)28-6-5-16(26)27/h1-4,7-8H,5-6H2,(H,26,27). The van der Waals surface area contributed by atoms with E-state index in [1.165, 1.54) is 12.1 Å². The van der Waals surface area contributed by atoms with Gasteiger partial charge in [-0.1, -0.05) is 11.6 Å². The highest BCUT2D eigenvalue weighted by Crippen LogP contribution is 2.38. The zero-order chi connectivity index (χ0) is 22.1.